The zero-order valence-corrected chi connectivity index (χ0v) is 17.8. The molecule has 2 aromatic heterocycles. The van der Waals surface area contributed by atoms with Crippen LogP contribution >= 0.6 is 23.1 Å². The van der Waals surface area contributed by atoms with Crippen LogP contribution in [0.2, 0.25) is 0 Å². The van der Waals surface area contributed by atoms with E-state index in [4.69, 9.17) is 14.5 Å². The lowest BCUT2D eigenvalue weighted by Crippen LogP contribution is -2.23. The summed E-state index contributed by atoms with van der Waals surface area (Å²) in [6, 6.07) is 7.55. The van der Waals surface area contributed by atoms with E-state index in [9.17, 15) is 4.79 Å². The van der Waals surface area contributed by atoms with Crippen molar-refractivity contribution in [3.8, 4) is 11.5 Å². The molecule has 0 spiro atoms. The Morgan fingerprint density at radius 3 is 2.68 bits per heavy atom. The predicted octanol–water partition coefficient (Wildman–Crippen LogP) is 4.54. The number of benzene rings is 1. The number of aromatic nitrogens is 2. The van der Waals surface area contributed by atoms with Crippen LogP contribution < -0.4 is 15.0 Å². The fourth-order valence-corrected chi connectivity index (χ4v) is 5.76. The molecule has 0 saturated heterocycles. The van der Waals surface area contributed by atoms with Crippen molar-refractivity contribution >= 4 is 33.3 Å². The first-order chi connectivity index (χ1) is 13.7. The number of hydrogen-bond acceptors (Lipinski definition) is 6. The third-order valence-electron chi connectivity index (χ3n) is 5.00. The van der Waals surface area contributed by atoms with E-state index < -0.39 is 0 Å². The average molecular weight is 417 g/mol. The smallest absolute Gasteiger partial charge is 0.263 e. The van der Waals surface area contributed by atoms with Gasteiger partial charge in [-0.15, -0.1) is 11.3 Å². The van der Waals surface area contributed by atoms with E-state index in [1.165, 1.54) is 23.3 Å². The number of nitrogens with zero attached hydrogens (tertiary/aromatic N) is 2. The Morgan fingerprint density at radius 2 is 1.93 bits per heavy atom. The third-order valence-corrected chi connectivity index (χ3v) is 7.13. The van der Waals surface area contributed by atoms with E-state index in [0.717, 1.165) is 45.5 Å². The second kappa shape index (κ2) is 8.57. The number of rotatable bonds is 7. The van der Waals surface area contributed by atoms with Crippen LogP contribution in [-0.4, -0.2) is 29.0 Å². The van der Waals surface area contributed by atoms with Crippen LogP contribution in [0.1, 0.15) is 30.2 Å². The monoisotopic (exact) mass is 416 g/mol. The van der Waals surface area contributed by atoms with Crippen LogP contribution in [0.4, 0.5) is 0 Å². The van der Waals surface area contributed by atoms with E-state index in [2.05, 4.69) is 0 Å². The average Bonchev–Trinajstić information content (AvgIpc) is 3.10. The van der Waals surface area contributed by atoms with Gasteiger partial charge in [-0.3, -0.25) is 9.36 Å². The number of hydrogen-bond donors (Lipinski definition) is 0. The van der Waals surface area contributed by atoms with Crippen molar-refractivity contribution in [3.05, 3.63) is 45.1 Å². The third kappa shape index (κ3) is 3.78. The molecular formula is C21H24N2O3S2. The Balaban J connectivity index is 1.49. The summed E-state index contributed by atoms with van der Waals surface area (Å²) in [7, 11) is 1.65. The Bertz CT molecular complexity index is 1020. The van der Waals surface area contributed by atoms with Crippen molar-refractivity contribution in [2.75, 3.05) is 19.5 Å². The molecule has 0 fully saturated rings. The minimum Gasteiger partial charge on any atom is -0.497 e. The van der Waals surface area contributed by atoms with E-state index in [1.807, 2.05) is 35.8 Å². The summed E-state index contributed by atoms with van der Waals surface area (Å²) in [5.74, 6) is 2.35. The topological polar surface area (TPSA) is 53.4 Å². The second-order valence-electron chi connectivity index (χ2n) is 6.71. The number of aryl methyl sites for hydroxylation is 2. The van der Waals surface area contributed by atoms with Crippen molar-refractivity contribution in [1.29, 1.82) is 0 Å². The summed E-state index contributed by atoms with van der Waals surface area (Å²) in [5, 5.41) is 1.65. The molecule has 0 unspecified atom stereocenters. The van der Waals surface area contributed by atoms with Crippen LogP contribution in [0, 0.1) is 0 Å². The van der Waals surface area contributed by atoms with Gasteiger partial charge in [0.05, 0.1) is 19.1 Å². The molecule has 2 heterocycles. The van der Waals surface area contributed by atoms with Crippen LogP contribution in [0.25, 0.3) is 10.2 Å². The standard InChI is InChI=1S/C21H24N2O3S2/c1-3-23-20(24)18-16-6-4-5-7-17(16)28-19(18)22-21(23)27-13-12-26-15-10-8-14(25-2)9-11-15/h8-11H,3-7,12-13H2,1-2H3. The number of fused-ring (bicyclic) bond motifs is 3. The van der Waals surface area contributed by atoms with E-state index in [0.29, 0.717) is 13.2 Å². The van der Waals surface area contributed by atoms with Crippen molar-refractivity contribution < 1.29 is 9.47 Å². The van der Waals surface area contributed by atoms with Gasteiger partial charge in [0, 0.05) is 17.2 Å². The van der Waals surface area contributed by atoms with Crippen LogP contribution in [-0.2, 0) is 19.4 Å². The maximum atomic E-state index is 13.1. The van der Waals surface area contributed by atoms with Crippen LogP contribution in [0.3, 0.4) is 0 Å². The maximum absolute atomic E-state index is 13.1. The molecule has 148 valence electrons. The maximum Gasteiger partial charge on any atom is 0.263 e. The van der Waals surface area contributed by atoms with Gasteiger partial charge in [-0.1, -0.05) is 11.8 Å². The van der Waals surface area contributed by atoms with Crippen molar-refractivity contribution in [3.63, 3.8) is 0 Å². The highest BCUT2D eigenvalue weighted by Gasteiger charge is 2.21. The lowest BCUT2D eigenvalue weighted by atomic mass is 9.97. The van der Waals surface area contributed by atoms with E-state index in [-0.39, 0.29) is 5.56 Å². The molecule has 1 aromatic carbocycles. The first kappa shape index (κ1) is 19.3. The molecule has 0 amide bonds. The first-order valence-electron chi connectivity index (χ1n) is 9.66. The van der Waals surface area contributed by atoms with Gasteiger partial charge >= 0.3 is 0 Å². The molecular weight excluding hydrogens is 392 g/mol. The van der Waals surface area contributed by atoms with Crippen molar-refractivity contribution in [2.45, 2.75) is 44.3 Å². The fourth-order valence-electron chi connectivity index (χ4n) is 3.57. The molecule has 0 N–H and O–H groups in total. The Kier molecular flexibility index (Phi) is 5.92. The summed E-state index contributed by atoms with van der Waals surface area (Å²) in [4.78, 5) is 20.2. The molecule has 0 atom stereocenters. The second-order valence-corrected chi connectivity index (χ2v) is 8.85. The highest BCUT2D eigenvalue weighted by atomic mass is 32.2. The van der Waals surface area contributed by atoms with Gasteiger partial charge in [-0.2, -0.15) is 0 Å². The van der Waals surface area contributed by atoms with Crippen LogP contribution in [0.5, 0.6) is 11.5 Å². The van der Waals surface area contributed by atoms with Gasteiger partial charge in [-0.25, -0.2) is 4.98 Å². The predicted molar refractivity (Wildman–Crippen MR) is 115 cm³/mol. The van der Waals surface area contributed by atoms with Gasteiger partial charge < -0.3 is 9.47 Å². The summed E-state index contributed by atoms with van der Waals surface area (Å²) in [5.41, 5.74) is 1.37. The quantitative estimate of drug-likeness (QED) is 0.322. The fraction of sp³-hybridized carbons (Fsp3) is 0.429. The van der Waals surface area contributed by atoms with Crippen molar-refractivity contribution in [2.24, 2.45) is 0 Å². The number of methoxy groups -OCH3 is 1. The van der Waals surface area contributed by atoms with Crippen LogP contribution in [0.15, 0.2) is 34.2 Å². The van der Waals surface area contributed by atoms with E-state index >= 15 is 0 Å². The minimum atomic E-state index is 0.116. The molecule has 1 aliphatic rings. The number of thioether (sulfide) groups is 1. The first-order valence-corrected chi connectivity index (χ1v) is 11.5. The zero-order valence-electron chi connectivity index (χ0n) is 16.2. The van der Waals surface area contributed by atoms with Gasteiger partial charge in [0.25, 0.3) is 5.56 Å². The molecule has 28 heavy (non-hydrogen) atoms. The molecule has 3 aromatic rings. The number of ether oxygens (including phenoxy) is 2. The normalized spacial score (nSPS) is 13.5. The highest BCUT2D eigenvalue weighted by Crippen LogP contribution is 2.34. The summed E-state index contributed by atoms with van der Waals surface area (Å²) in [6.07, 6.45) is 4.48. The van der Waals surface area contributed by atoms with E-state index in [1.54, 1.807) is 30.2 Å². The van der Waals surface area contributed by atoms with Gasteiger partial charge in [0.2, 0.25) is 0 Å². The lowest BCUT2D eigenvalue weighted by molar-refractivity contribution is 0.342. The summed E-state index contributed by atoms with van der Waals surface area (Å²) >= 11 is 3.29. The highest BCUT2D eigenvalue weighted by molar-refractivity contribution is 7.99. The van der Waals surface area contributed by atoms with Crippen molar-refractivity contribution in [1.82, 2.24) is 9.55 Å². The molecule has 1 aliphatic carbocycles. The largest absolute Gasteiger partial charge is 0.497 e. The lowest BCUT2D eigenvalue weighted by Gasteiger charge is -2.12. The molecule has 0 bridgehead atoms. The molecule has 0 saturated carbocycles. The van der Waals surface area contributed by atoms with Gasteiger partial charge in [0.15, 0.2) is 5.16 Å². The van der Waals surface area contributed by atoms with Gasteiger partial charge in [-0.05, 0) is 62.4 Å². The Hall–Kier alpha value is -1.99. The minimum absolute atomic E-state index is 0.116. The zero-order chi connectivity index (χ0) is 19.5. The SMILES string of the molecule is CCn1c(SCCOc2ccc(OC)cc2)nc2sc3c(c2c1=O)CCCC3. The molecule has 5 nitrogen and oxygen atoms in total. The molecule has 0 radical (unpaired) electrons. The molecule has 0 aliphatic heterocycles. The Morgan fingerprint density at radius 1 is 1.18 bits per heavy atom. The molecule has 4 rings (SSSR count). The summed E-state index contributed by atoms with van der Waals surface area (Å²) in [6.45, 7) is 3.19. The Labute approximate surface area is 172 Å². The number of thiophene rings is 1. The summed E-state index contributed by atoms with van der Waals surface area (Å²) < 4.78 is 12.8. The molecule has 7 heteroatoms. The van der Waals surface area contributed by atoms with Gasteiger partial charge in [0.1, 0.15) is 16.3 Å².